The molecule has 2 aromatic heterocycles. The highest BCUT2D eigenvalue weighted by Gasteiger charge is 2.35. The summed E-state index contributed by atoms with van der Waals surface area (Å²) in [5.41, 5.74) is 5.24. The molecular weight excluding hydrogens is 496 g/mol. The number of ether oxygens (including phenoxy) is 2. The lowest BCUT2D eigenvalue weighted by Crippen LogP contribution is -2.34. The van der Waals surface area contributed by atoms with Gasteiger partial charge in [0.15, 0.2) is 0 Å². The topological polar surface area (TPSA) is 92.6 Å². The van der Waals surface area contributed by atoms with Gasteiger partial charge in [-0.1, -0.05) is 12.1 Å². The van der Waals surface area contributed by atoms with E-state index in [1.165, 1.54) is 7.11 Å². The Morgan fingerprint density at radius 3 is 2.38 bits per heavy atom. The number of nitrogens with zero attached hydrogens (tertiary/aromatic N) is 3. The number of pyridine rings is 1. The van der Waals surface area contributed by atoms with Crippen molar-refractivity contribution in [1.82, 2.24) is 14.6 Å². The summed E-state index contributed by atoms with van der Waals surface area (Å²) in [5, 5.41) is 2.75. The SMILES string of the molecule is CCN(CC)c1ccc(-c2c3c(n4ccc(C(=O)OC)cc24)C(=O)N(CCCNC(=O)OC(C)(C)C)C3)cc1. The van der Waals surface area contributed by atoms with Crippen molar-refractivity contribution >= 4 is 29.2 Å². The van der Waals surface area contributed by atoms with Crippen molar-refractivity contribution in [3.05, 3.63) is 59.4 Å². The third kappa shape index (κ3) is 5.87. The van der Waals surface area contributed by atoms with Gasteiger partial charge in [0, 0.05) is 55.7 Å². The number of nitrogens with one attached hydrogen (secondary N) is 1. The minimum Gasteiger partial charge on any atom is -0.465 e. The van der Waals surface area contributed by atoms with Crippen LogP contribution in [0, 0.1) is 0 Å². The van der Waals surface area contributed by atoms with Crippen molar-refractivity contribution in [2.75, 3.05) is 38.2 Å². The molecule has 0 unspecified atom stereocenters. The van der Waals surface area contributed by atoms with Crippen LogP contribution in [0.3, 0.4) is 0 Å². The zero-order valence-electron chi connectivity index (χ0n) is 23.7. The number of methoxy groups -OCH3 is 1. The number of carbonyl (C=O) groups excluding carboxylic acids is 3. The normalized spacial score (nSPS) is 13.0. The van der Waals surface area contributed by atoms with Crippen LogP contribution in [0.4, 0.5) is 10.5 Å². The Kier molecular flexibility index (Phi) is 8.18. The molecule has 1 N–H and O–H groups in total. The van der Waals surface area contributed by atoms with Crippen LogP contribution in [0.25, 0.3) is 16.6 Å². The first-order valence-electron chi connectivity index (χ1n) is 13.4. The molecule has 0 atom stereocenters. The molecule has 0 bridgehead atoms. The fourth-order valence-corrected chi connectivity index (χ4v) is 5.05. The van der Waals surface area contributed by atoms with E-state index >= 15 is 0 Å². The Labute approximate surface area is 229 Å². The predicted octanol–water partition coefficient (Wildman–Crippen LogP) is 5.11. The van der Waals surface area contributed by atoms with Gasteiger partial charge in [0.1, 0.15) is 11.3 Å². The van der Waals surface area contributed by atoms with Gasteiger partial charge in [-0.05, 0) is 70.9 Å². The first-order chi connectivity index (χ1) is 18.6. The molecule has 208 valence electrons. The molecule has 1 aliphatic rings. The molecule has 0 radical (unpaired) electrons. The number of aromatic nitrogens is 1. The Morgan fingerprint density at radius 2 is 1.77 bits per heavy atom. The van der Waals surface area contributed by atoms with Crippen molar-refractivity contribution in [2.24, 2.45) is 0 Å². The molecule has 3 heterocycles. The van der Waals surface area contributed by atoms with E-state index in [9.17, 15) is 14.4 Å². The Bertz CT molecular complexity index is 1370. The average molecular weight is 535 g/mol. The molecule has 0 spiro atoms. The summed E-state index contributed by atoms with van der Waals surface area (Å²) in [4.78, 5) is 41.9. The fraction of sp³-hybridized carbons (Fsp3) is 0.433. The number of amides is 2. The molecule has 9 nitrogen and oxygen atoms in total. The quantitative estimate of drug-likeness (QED) is 0.303. The summed E-state index contributed by atoms with van der Waals surface area (Å²) in [6, 6.07) is 11.8. The van der Waals surface area contributed by atoms with Crippen molar-refractivity contribution in [3.63, 3.8) is 0 Å². The second-order valence-corrected chi connectivity index (χ2v) is 10.6. The maximum atomic E-state index is 13.6. The molecule has 1 aromatic carbocycles. The van der Waals surface area contributed by atoms with Crippen LogP contribution in [0.15, 0.2) is 42.6 Å². The molecule has 0 saturated carbocycles. The molecule has 1 aliphatic heterocycles. The van der Waals surface area contributed by atoms with E-state index in [0.717, 1.165) is 41.0 Å². The standard InChI is InChI=1S/C30H38N4O5/c1-7-32(8-2)22-12-10-20(11-13-22)25-23-19-33(16-9-15-31-29(37)39-30(3,4)5)27(35)26(23)34-17-14-21(18-24(25)34)28(36)38-6/h10-14,17-18H,7-9,15-16,19H2,1-6H3,(H,31,37). The van der Waals surface area contributed by atoms with E-state index in [-0.39, 0.29) is 5.91 Å². The van der Waals surface area contributed by atoms with Crippen LogP contribution in [-0.2, 0) is 16.0 Å². The highest BCUT2D eigenvalue weighted by molar-refractivity contribution is 6.04. The molecule has 0 fully saturated rings. The molecule has 39 heavy (non-hydrogen) atoms. The summed E-state index contributed by atoms with van der Waals surface area (Å²) < 4.78 is 12.1. The summed E-state index contributed by atoms with van der Waals surface area (Å²) in [7, 11) is 1.36. The molecule has 3 aromatic rings. The van der Waals surface area contributed by atoms with Crippen molar-refractivity contribution in [3.8, 4) is 11.1 Å². The Morgan fingerprint density at radius 1 is 1.08 bits per heavy atom. The van der Waals surface area contributed by atoms with Crippen LogP contribution in [0.2, 0.25) is 0 Å². The van der Waals surface area contributed by atoms with Gasteiger partial charge in [0.25, 0.3) is 5.91 Å². The lowest BCUT2D eigenvalue weighted by Gasteiger charge is -2.21. The number of anilines is 1. The third-order valence-electron chi connectivity index (χ3n) is 6.86. The van der Waals surface area contributed by atoms with Gasteiger partial charge in [0.2, 0.25) is 0 Å². The Hall–Kier alpha value is -4.01. The van der Waals surface area contributed by atoms with E-state index in [2.05, 4.69) is 48.3 Å². The van der Waals surface area contributed by atoms with Crippen molar-refractivity contribution < 1.29 is 23.9 Å². The first kappa shape index (κ1) is 28.0. The number of alkyl carbamates (subject to hydrolysis) is 1. The lowest BCUT2D eigenvalue weighted by atomic mass is 10.0. The second kappa shape index (κ2) is 11.4. The van der Waals surface area contributed by atoms with E-state index in [1.54, 1.807) is 23.2 Å². The van der Waals surface area contributed by atoms with Crippen molar-refractivity contribution in [1.29, 1.82) is 0 Å². The third-order valence-corrected chi connectivity index (χ3v) is 6.86. The monoisotopic (exact) mass is 534 g/mol. The summed E-state index contributed by atoms with van der Waals surface area (Å²) in [6.45, 7) is 12.9. The number of esters is 1. The van der Waals surface area contributed by atoms with Crippen LogP contribution in [-0.4, -0.2) is 66.2 Å². The molecule has 9 heteroatoms. The molecule has 0 aliphatic carbocycles. The smallest absolute Gasteiger partial charge is 0.407 e. The highest BCUT2D eigenvalue weighted by atomic mass is 16.6. The summed E-state index contributed by atoms with van der Waals surface area (Å²) in [6.07, 6.45) is 1.89. The van der Waals surface area contributed by atoms with E-state index in [4.69, 9.17) is 9.47 Å². The molecule has 0 saturated heterocycles. The predicted molar refractivity (Wildman–Crippen MR) is 151 cm³/mol. The van der Waals surface area contributed by atoms with Gasteiger partial charge >= 0.3 is 12.1 Å². The number of fused-ring (bicyclic) bond motifs is 3. The van der Waals surface area contributed by atoms with Crippen LogP contribution >= 0.6 is 0 Å². The molecular formula is C30H38N4O5. The van der Waals surface area contributed by atoms with Crippen molar-refractivity contribution in [2.45, 2.75) is 53.2 Å². The van der Waals surface area contributed by atoms with E-state index in [1.807, 2.05) is 25.2 Å². The first-order valence-corrected chi connectivity index (χ1v) is 13.4. The average Bonchev–Trinajstić information content (AvgIpc) is 3.39. The fourth-order valence-electron chi connectivity index (χ4n) is 5.05. The lowest BCUT2D eigenvalue weighted by molar-refractivity contribution is 0.0524. The number of carbonyl (C=O) groups is 3. The van der Waals surface area contributed by atoms with Gasteiger partial charge in [-0.15, -0.1) is 0 Å². The molecule has 2 amide bonds. The van der Waals surface area contributed by atoms with E-state index in [0.29, 0.717) is 37.3 Å². The van der Waals surface area contributed by atoms with Gasteiger partial charge in [-0.25, -0.2) is 9.59 Å². The zero-order valence-corrected chi connectivity index (χ0v) is 23.7. The minimum atomic E-state index is -0.562. The molecule has 4 rings (SSSR count). The Balaban J connectivity index is 1.63. The highest BCUT2D eigenvalue weighted by Crippen LogP contribution is 2.39. The van der Waals surface area contributed by atoms with Gasteiger partial charge < -0.3 is 29.0 Å². The maximum absolute atomic E-state index is 13.6. The number of benzene rings is 1. The zero-order chi connectivity index (χ0) is 28.3. The van der Waals surface area contributed by atoms with Crippen LogP contribution < -0.4 is 10.2 Å². The number of rotatable bonds is 9. The van der Waals surface area contributed by atoms with Gasteiger partial charge in [-0.2, -0.15) is 0 Å². The minimum absolute atomic E-state index is 0.0749. The second-order valence-electron chi connectivity index (χ2n) is 10.6. The van der Waals surface area contributed by atoms with Crippen LogP contribution in [0.1, 0.15) is 67.4 Å². The maximum Gasteiger partial charge on any atom is 0.407 e. The number of hydrogen-bond acceptors (Lipinski definition) is 6. The van der Waals surface area contributed by atoms with Gasteiger partial charge in [-0.3, -0.25) is 4.79 Å². The number of hydrogen-bond donors (Lipinski definition) is 1. The van der Waals surface area contributed by atoms with E-state index < -0.39 is 17.7 Å². The largest absolute Gasteiger partial charge is 0.465 e. The summed E-state index contributed by atoms with van der Waals surface area (Å²) in [5.74, 6) is -0.499. The van der Waals surface area contributed by atoms with Gasteiger partial charge in [0.05, 0.1) is 18.2 Å². The summed E-state index contributed by atoms with van der Waals surface area (Å²) >= 11 is 0. The van der Waals surface area contributed by atoms with Crippen LogP contribution in [0.5, 0.6) is 0 Å².